The number of anilines is 2. The maximum absolute atomic E-state index is 12.3. The Bertz CT molecular complexity index is 614. The first kappa shape index (κ1) is 15.3. The van der Waals surface area contributed by atoms with E-state index in [1.807, 2.05) is 0 Å². The molecule has 1 fully saturated rings. The summed E-state index contributed by atoms with van der Waals surface area (Å²) in [6, 6.07) is 0. The molecule has 2 rings (SSSR count). The second-order valence-corrected chi connectivity index (χ2v) is 8.20. The minimum Gasteiger partial charge on any atom is -0.396 e. The van der Waals surface area contributed by atoms with Gasteiger partial charge in [-0.1, -0.05) is 6.92 Å². The Morgan fingerprint density at radius 1 is 1.30 bits per heavy atom. The minimum atomic E-state index is -3.43. The molecule has 0 aromatic carbocycles. The van der Waals surface area contributed by atoms with Crippen molar-refractivity contribution >= 4 is 37.6 Å². The second-order valence-electron chi connectivity index (χ2n) is 4.99. The summed E-state index contributed by atoms with van der Waals surface area (Å²) in [5.74, 6) is -0.185. The predicted octanol–water partition coefficient (Wildman–Crippen LogP) is 2.32. The lowest BCUT2D eigenvalue weighted by atomic mass is 10.1. The van der Waals surface area contributed by atoms with Gasteiger partial charge in [0.2, 0.25) is 0 Å². The van der Waals surface area contributed by atoms with Gasteiger partial charge in [-0.25, -0.2) is 8.42 Å². The third-order valence-corrected chi connectivity index (χ3v) is 6.83. The van der Waals surface area contributed by atoms with Crippen LogP contribution in [0.5, 0.6) is 0 Å². The van der Waals surface area contributed by atoms with Gasteiger partial charge >= 0.3 is 0 Å². The molecular formula is C13H20N2O3S2. The standard InChI is InChI=1S/C13H20N2O3S2/c1-3-20(17,18)12-10(14)11(9(2)16)19-13(12)15-7-5-4-6-8-15/h3-8,14H2,1-2H3. The summed E-state index contributed by atoms with van der Waals surface area (Å²) in [5, 5.41) is 0.647. The van der Waals surface area contributed by atoms with Crippen LogP contribution in [0, 0.1) is 0 Å². The Kier molecular flexibility index (Phi) is 4.39. The summed E-state index contributed by atoms with van der Waals surface area (Å²) in [4.78, 5) is 14.2. The van der Waals surface area contributed by atoms with E-state index < -0.39 is 9.84 Å². The molecule has 1 aromatic heterocycles. The SMILES string of the molecule is CCS(=O)(=O)c1c(N2CCCCC2)sc(C(C)=O)c1N. The molecule has 0 bridgehead atoms. The number of rotatable bonds is 4. The van der Waals surface area contributed by atoms with Crippen molar-refractivity contribution in [3.05, 3.63) is 4.88 Å². The van der Waals surface area contributed by atoms with E-state index in [0.717, 1.165) is 32.4 Å². The van der Waals surface area contributed by atoms with Gasteiger partial charge in [0.1, 0.15) is 9.90 Å². The number of hydrogen-bond donors (Lipinski definition) is 1. The molecule has 1 aromatic rings. The van der Waals surface area contributed by atoms with E-state index in [-0.39, 0.29) is 22.1 Å². The molecule has 112 valence electrons. The number of thiophene rings is 1. The molecule has 0 radical (unpaired) electrons. The molecule has 20 heavy (non-hydrogen) atoms. The Hall–Kier alpha value is -1.08. The first-order valence-corrected chi connectivity index (χ1v) is 9.26. The number of ketones is 1. The molecule has 0 unspecified atom stereocenters. The lowest BCUT2D eigenvalue weighted by molar-refractivity contribution is 0.102. The zero-order chi connectivity index (χ0) is 14.9. The first-order valence-electron chi connectivity index (χ1n) is 6.79. The van der Waals surface area contributed by atoms with Gasteiger partial charge in [0.25, 0.3) is 0 Å². The van der Waals surface area contributed by atoms with Crippen LogP contribution in [-0.4, -0.2) is 33.0 Å². The van der Waals surface area contributed by atoms with Gasteiger partial charge in [-0.05, 0) is 19.3 Å². The topological polar surface area (TPSA) is 80.5 Å². The lowest BCUT2D eigenvalue weighted by Crippen LogP contribution is -2.30. The molecule has 2 N–H and O–H groups in total. The van der Waals surface area contributed by atoms with Gasteiger partial charge < -0.3 is 10.6 Å². The van der Waals surface area contributed by atoms with E-state index in [0.29, 0.717) is 9.88 Å². The van der Waals surface area contributed by atoms with Crippen LogP contribution in [-0.2, 0) is 9.84 Å². The van der Waals surface area contributed by atoms with Crippen LogP contribution in [0.4, 0.5) is 10.7 Å². The summed E-state index contributed by atoms with van der Waals surface area (Å²) in [6.07, 6.45) is 3.24. The predicted molar refractivity (Wildman–Crippen MR) is 82.5 cm³/mol. The quantitative estimate of drug-likeness (QED) is 0.862. The Balaban J connectivity index is 2.59. The van der Waals surface area contributed by atoms with Crippen molar-refractivity contribution in [2.24, 2.45) is 0 Å². The number of carbonyl (C=O) groups is 1. The number of nitrogens with zero attached hydrogens (tertiary/aromatic N) is 1. The van der Waals surface area contributed by atoms with Crippen LogP contribution < -0.4 is 10.6 Å². The molecule has 2 heterocycles. The van der Waals surface area contributed by atoms with Crippen LogP contribution in [0.25, 0.3) is 0 Å². The van der Waals surface area contributed by atoms with Gasteiger partial charge in [0.15, 0.2) is 15.6 Å². The summed E-state index contributed by atoms with van der Waals surface area (Å²) in [5.41, 5.74) is 6.09. The zero-order valence-corrected chi connectivity index (χ0v) is 13.4. The van der Waals surface area contributed by atoms with Crippen molar-refractivity contribution in [2.45, 2.75) is 38.0 Å². The molecule has 7 heteroatoms. The fraction of sp³-hybridized carbons (Fsp3) is 0.615. The van der Waals surface area contributed by atoms with Crippen molar-refractivity contribution in [1.29, 1.82) is 0 Å². The van der Waals surface area contributed by atoms with E-state index in [4.69, 9.17) is 5.73 Å². The lowest BCUT2D eigenvalue weighted by Gasteiger charge is -2.28. The molecule has 0 amide bonds. The van der Waals surface area contributed by atoms with Gasteiger partial charge in [0, 0.05) is 20.0 Å². The fourth-order valence-electron chi connectivity index (χ4n) is 2.43. The number of nitrogen functional groups attached to an aromatic ring is 1. The molecule has 1 saturated heterocycles. The highest BCUT2D eigenvalue weighted by Crippen LogP contribution is 2.43. The normalized spacial score (nSPS) is 16.4. The third-order valence-electron chi connectivity index (χ3n) is 3.54. The summed E-state index contributed by atoms with van der Waals surface area (Å²) in [6.45, 7) is 4.66. The van der Waals surface area contributed by atoms with Gasteiger partial charge in [0.05, 0.1) is 16.3 Å². The molecule has 1 aliphatic rings. The number of carbonyl (C=O) groups excluding carboxylic acids is 1. The molecule has 0 saturated carbocycles. The average Bonchev–Trinajstić information content (AvgIpc) is 2.78. The number of hydrogen-bond acceptors (Lipinski definition) is 6. The van der Waals surface area contributed by atoms with Crippen molar-refractivity contribution in [1.82, 2.24) is 0 Å². The van der Waals surface area contributed by atoms with E-state index in [1.165, 1.54) is 18.3 Å². The zero-order valence-electron chi connectivity index (χ0n) is 11.8. The van der Waals surface area contributed by atoms with Crippen LogP contribution in [0.1, 0.15) is 42.8 Å². The van der Waals surface area contributed by atoms with Crippen molar-refractivity contribution in [2.75, 3.05) is 29.5 Å². The summed E-state index contributed by atoms with van der Waals surface area (Å²) in [7, 11) is -3.43. The molecule has 1 aliphatic heterocycles. The van der Waals surface area contributed by atoms with Gasteiger partial charge in [-0.3, -0.25) is 4.79 Å². The van der Waals surface area contributed by atoms with Crippen LogP contribution in [0.3, 0.4) is 0 Å². The van der Waals surface area contributed by atoms with Crippen LogP contribution in [0.15, 0.2) is 4.90 Å². The second kappa shape index (κ2) is 5.73. The molecule has 0 atom stereocenters. The van der Waals surface area contributed by atoms with Crippen LogP contribution in [0.2, 0.25) is 0 Å². The Morgan fingerprint density at radius 2 is 1.90 bits per heavy atom. The van der Waals surface area contributed by atoms with Crippen LogP contribution >= 0.6 is 11.3 Å². The largest absolute Gasteiger partial charge is 0.396 e. The average molecular weight is 316 g/mol. The molecule has 5 nitrogen and oxygen atoms in total. The Labute approximate surface area is 123 Å². The summed E-state index contributed by atoms with van der Waals surface area (Å²) >= 11 is 1.22. The number of nitrogens with two attached hydrogens (primary N) is 1. The van der Waals surface area contributed by atoms with Crippen molar-refractivity contribution in [3.8, 4) is 0 Å². The van der Waals surface area contributed by atoms with E-state index >= 15 is 0 Å². The highest BCUT2D eigenvalue weighted by Gasteiger charge is 2.30. The number of sulfone groups is 1. The fourth-order valence-corrected chi connectivity index (χ4v) is 5.18. The van der Waals surface area contributed by atoms with Crippen molar-refractivity contribution < 1.29 is 13.2 Å². The number of Topliss-reactive ketones (excluding diaryl/α,β-unsaturated/α-hetero) is 1. The third kappa shape index (κ3) is 2.69. The maximum Gasteiger partial charge on any atom is 0.183 e. The smallest absolute Gasteiger partial charge is 0.183 e. The number of piperidine rings is 1. The van der Waals surface area contributed by atoms with Crippen molar-refractivity contribution in [3.63, 3.8) is 0 Å². The van der Waals surface area contributed by atoms with E-state index in [2.05, 4.69) is 4.90 Å². The highest BCUT2D eigenvalue weighted by atomic mass is 32.2. The maximum atomic E-state index is 12.3. The van der Waals surface area contributed by atoms with Gasteiger partial charge in [-0.15, -0.1) is 11.3 Å². The Morgan fingerprint density at radius 3 is 2.40 bits per heavy atom. The summed E-state index contributed by atoms with van der Waals surface area (Å²) < 4.78 is 24.6. The monoisotopic (exact) mass is 316 g/mol. The van der Waals surface area contributed by atoms with Gasteiger partial charge in [-0.2, -0.15) is 0 Å². The minimum absolute atomic E-state index is 0.00782. The van der Waals surface area contributed by atoms with E-state index in [9.17, 15) is 13.2 Å². The first-order chi connectivity index (χ1) is 9.38. The van der Waals surface area contributed by atoms with E-state index in [1.54, 1.807) is 6.92 Å². The molecule has 0 spiro atoms. The molecule has 0 aliphatic carbocycles. The highest BCUT2D eigenvalue weighted by molar-refractivity contribution is 7.92. The molecular weight excluding hydrogens is 296 g/mol.